The van der Waals surface area contributed by atoms with Gasteiger partial charge in [0.15, 0.2) is 6.20 Å². The lowest BCUT2D eigenvalue weighted by Crippen LogP contribution is -2.33. The van der Waals surface area contributed by atoms with Crippen molar-refractivity contribution in [3.05, 3.63) is 58.9 Å². The summed E-state index contributed by atoms with van der Waals surface area (Å²) in [7, 11) is -3.69. The maximum atomic E-state index is 12.2. The molecule has 5 nitrogen and oxygen atoms in total. The van der Waals surface area contributed by atoms with Crippen LogP contribution in [0.15, 0.2) is 53.7 Å². The van der Waals surface area contributed by atoms with Crippen LogP contribution in [-0.4, -0.2) is 13.4 Å². The van der Waals surface area contributed by atoms with Crippen LogP contribution >= 0.6 is 11.3 Å². The van der Waals surface area contributed by atoms with Crippen molar-refractivity contribution in [3.8, 4) is 0 Å². The Bertz CT molecular complexity index is 839. The fourth-order valence-electron chi connectivity index (χ4n) is 1.87. The van der Waals surface area contributed by atoms with Crippen LogP contribution in [0.5, 0.6) is 0 Å². The molecule has 3 aromatic rings. The molecule has 20 heavy (non-hydrogen) atoms. The molecule has 7 heteroatoms. The highest BCUT2D eigenvalue weighted by atomic mass is 32.2. The van der Waals surface area contributed by atoms with Gasteiger partial charge in [0.2, 0.25) is 9.84 Å². The third-order valence-electron chi connectivity index (χ3n) is 2.76. The van der Waals surface area contributed by atoms with E-state index in [1.165, 1.54) is 35.7 Å². The second kappa shape index (κ2) is 4.84. The van der Waals surface area contributed by atoms with Crippen molar-refractivity contribution in [1.82, 2.24) is 4.98 Å². The molecule has 2 heterocycles. The van der Waals surface area contributed by atoms with Crippen molar-refractivity contribution in [3.63, 3.8) is 0 Å². The average molecular weight is 306 g/mol. The number of aromatic nitrogens is 2. The summed E-state index contributed by atoms with van der Waals surface area (Å²) < 4.78 is 25.8. The second-order valence-electron chi connectivity index (χ2n) is 4.20. The van der Waals surface area contributed by atoms with Gasteiger partial charge in [0.05, 0.1) is 10.2 Å². The van der Waals surface area contributed by atoms with Crippen molar-refractivity contribution < 1.29 is 13.1 Å². The molecule has 0 radical (unpaired) electrons. The average Bonchev–Trinajstić information content (AvgIpc) is 2.80. The Morgan fingerprint density at radius 3 is 2.65 bits per heavy atom. The van der Waals surface area contributed by atoms with Gasteiger partial charge in [-0.15, -0.1) is 11.3 Å². The molecule has 0 saturated carbocycles. The normalized spacial score (nSPS) is 11.8. The van der Waals surface area contributed by atoms with Crippen molar-refractivity contribution in [1.29, 1.82) is 0 Å². The number of thiazole rings is 1. The summed E-state index contributed by atoms with van der Waals surface area (Å²) in [4.78, 5) is 4.28. The first-order chi connectivity index (χ1) is 9.56. The Labute approximate surface area is 119 Å². The molecule has 0 spiro atoms. The molecule has 0 atom stereocenters. The second-order valence-corrected chi connectivity index (χ2v) is 7.25. The van der Waals surface area contributed by atoms with E-state index in [1.807, 2.05) is 24.3 Å². The minimum Gasteiger partial charge on any atom is -0.618 e. The first-order valence-corrected chi connectivity index (χ1v) is 8.28. The third kappa shape index (κ3) is 2.37. The third-order valence-corrected chi connectivity index (χ3v) is 5.58. The van der Waals surface area contributed by atoms with Crippen LogP contribution in [0, 0.1) is 5.21 Å². The van der Waals surface area contributed by atoms with Crippen molar-refractivity contribution in [2.45, 2.75) is 10.8 Å². The number of hydrogen-bond donors (Lipinski definition) is 0. The van der Waals surface area contributed by atoms with Crippen molar-refractivity contribution in [2.75, 3.05) is 0 Å². The summed E-state index contributed by atoms with van der Waals surface area (Å²) >= 11 is 1.32. The minimum atomic E-state index is -3.69. The molecule has 2 aromatic heterocycles. The number of nitrogens with zero attached hydrogens (tertiary/aromatic N) is 2. The molecule has 0 aliphatic heterocycles. The molecule has 0 bridgehead atoms. The molecule has 0 aliphatic rings. The van der Waals surface area contributed by atoms with Gasteiger partial charge in [0.25, 0.3) is 0 Å². The standard InChI is InChI=1S/C13H10N2O3S2/c16-15-8-4-3-7-13(15)20(17,18)9-12-14-10-5-1-2-6-11(10)19-12/h1-8H,9H2. The number of benzene rings is 1. The first kappa shape index (κ1) is 13.0. The number of para-hydroxylation sites is 1. The van der Waals surface area contributed by atoms with E-state index in [1.54, 1.807) is 0 Å². The van der Waals surface area contributed by atoms with Crippen LogP contribution in [-0.2, 0) is 15.6 Å². The fraction of sp³-hybridized carbons (Fsp3) is 0.0769. The number of pyridine rings is 1. The van der Waals surface area contributed by atoms with E-state index in [0.717, 1.165) is 10.2 Å². The van der Waals surface area contributed by atoms with Crippen LogP contribution in [0.2, 0.25) is 0 Å². The fourth-order valence-corrected chi connectivity index (χ4v) is 4.49. The Kier molecular flexibility index (Phi) is 3.15. The van der Waals surface area contributed by atoms with Gasteiger partial charge >= 0.3 is 5.03 Å². The van der Waals surface area contributed by atoms with Crippen molar-refractivity contribution in [2.24, 2.45) is 0 Å². The van der Waals surface area contributed by atoms with E-state index < -0.39 is 9.84 Å². The highest BCUT2D eigenvalue weighted by molar-refractivity contribution is 7.90. The molecule has 0 amide bonds. The van der Waals surface area contributed by atoms with Gasteiger partial charge in [0, 0.05) is 12.1 Å². The summed E-state index contributed by atoms with van der Waals surface area (Å²) in [6, 6.07) is 11.8. The van der Waals surface area contributed by atoms with Gasteiger partial charge in [0.1, 0.15) is 10.8 Å². The van der Waals surface area contributed by atoms with Crippen LogP contribution in [0.3, 0.4) is 0 Å². The molecular formula is C13H10N2O3S2. The van der Waals surface area contributed by atoms with Gasteiger partial charge < -0.3 is 5.21 Å². The lowest BCUT2D eigenvalue weighted by Gasteiger charge is -2.03. The lowest BCUT2D eigenvalue weighted by molar-refractivity contribution is -0.646. The Balaban J connectivity index is 1.99. The quantitative estimate of drug-likeness (QED) is 0.547. The molecule has 0 N–H and O–H groups in total. The zero-order chi connectivity index (χ0) is 14.2. The summed E-state index contributed by atoms with van der Waals surface area (Å²) in [5, 5.41) is 11.8. The highest BCUT2D eigenvalue weighted by Crippen LogP contribution is 2.24. The van der Waals surface area contributed by atoms with Crippen molar-refractivity contribution >= 4 is 31.4 Å². The van der Waals surface area contributed by atoms with E-state index in [9.17, 15) is 13.6 Å². The van der Waals surface area contributed by atoms with E-state index in [0.29, 0.717) is 9.74 Å². The number of sulfone groups is 1. The van der Waals surface area contributed by atoms with Gasteiger partial charge in [-0.2, -0.15) is 4.73 Å². The van der Waals surface area contributed by atoms with Gasteiger partial charge in [-0.25, -0.2) is 13.4 Å². The summed E-state index contributed by atoms with van der Waals surface area (Å²) in [6.07, 6.45) is 1.17. The maximum Gasteiger partial charge on any atom is 0.309 e. The van der Waals surface area contributed by atoms with Gasteiger partial charge in [-0.05, 0) is 18.2 Å². The molecule has 102 valence electrons. The van der Waals surface area contributed by atoms with Crippen LogP contribution in [0.1, 0.15) is 5.01 Å². The molecular weight excluding hydrogens is 296 g/mol. The van der Waals surface area contributed by atoms with E-state index >= 15 is 0 Å². The topological polar surface area (TPSA) is 74.0 Å². The molecule has 0 unspecified atom stereocenters. The zero-order valence-corrected chi connectivity index (χ0v) is 11.9. The predicted molar refractivity (Wildman–Crippen MR) is 75.9 cm³/mol. The Hall–Kier alpha value is -1.99. The van der Waals surface area contributed by atoms with Crippen LogP contribution in [0.4, 0.5) is 0 Å². The smallest absolute Gasteiger partial charge is 0.309 e. The summed E-state index contributed by atoms with van der Waals surface area (Å²) in [6.45, 7) is 0. The van der Waals surface area contributed by atoms with Gasteiger partial charge in [-0.3, -0.25) is 0 Å². The molecule has 0 saturated heterocycles. The van der Waals surface area contributed by atoms with Crippen LogP contribution in [0.25, 0.3) is 10.2 Å². The largest absolute Gasteiger partial charge is 0.618 e. The molecule has 1 aromatic carbocycles. The van der Waals surface area contributed by atoms with Gasteiger partial charge in [-0.1, -0.05) is 12.1 Å². The number of hydrogen-bond acceptors (Lipinski definition) is 5. The first-order valence-electron chi connectivity index (χ1n) is 5.82. The van der Waals surface area contributed by atoms with E-state index in [2.05, 4.69) is 4.98 Å². The van der Waals surface area contributed by atoms with E-state index in [4.69, 9.17) is 0 Å². The Morgan fingerprint density at radius 1 is 1.15 bits per heavy atom. The number of rotatable bonds is 3. The zero-order valence-electron chi connectivity index (χ0n) is 10.3. The molecule has 0 fully saturated rings. The predicted octanol–water partition coefficient (Wildman–Crippen LogP) is 1.90. The lowest BCUT2D eigenvalue weighted by atomic mass is 10.3. The SMILES string of the molecule is O=S(=O)(Cc1nc2ccccc2s1)c1cccc[n+]1[O-]. The summed E-state index contributed by atoms with van der Waals surface area (Å²) in [5.74, 6) is -0.265. The van der Waals surface area contributed by atoms with Crippen LogP contribution < -0.4 is 4.73 Å². The minimum absolute atomic E-state index is 0.251. The summed E-state index contributed by atoms with van der Waals surface area (Å²) in [5.41, 5.74) is 0.769. The highest BCUT2D eigenvalue weighted by Gasteiger charge is 2.25. The Morgan fingerprint density at radius 2 is 1.90 bits per heavy atom. The van der Waals surface area contributed by atoms with E-state index in [-0.39, 0.29) is 10.8 Å². The number of fused-ring (bicyclic) bond motifs is 1. The monoisotopic (exact) mass is 306 g/mol. The maximum absolute atomic E-state index is 12.2. The molecule has 0 aliphatic carbocycles. The molecule has 3 rings (SSSR count).